The third kappa shape index (κ3) is 2.41. The van der Waals surface area contributed by atoms with Crippen molar-refractivity contribution in [1.29, 1.82) is 0 Å². The van der Waals surface area contributed by atoms with Gasteiger partial charge in [0.1, 0.15) is 11.5 Å². The number of methoxy groups -OCH3 is 1. The quantitative estimate of drug-likeness (QED) is 0.856. The van der Waals surface area contributed by atoms with Crippen molar-refractivity contribution in [1.82, 2.24) is 0 Å². The molecule has 0 saturated heterocycles. The second-order valence-electron chi connectivity index (χ2n) is 4.90. The van der Waals surface area contributed by atoms with E-state index in [9.17, 15) is 13.9 Å². The second kappa shape index (κ2) is 4.39. The maximum absolute atomic E-state index is 13.2. The molecular formula is C13H17F2NO2. The van der Waals surface area contributed by atoms with Crippen LogP contribution in [0.25, 0.3) is 0 Å². The minimum atomic E-state index is -2.62. The van der Waals surface area contributed by atoms with E-state index >= 15 is 0 Å². The molecule has 1 aliphatic carbocycles. The van der Waals surface area contributed by atoms with Gasteiger partial charge in [-0.15, -0.1) is 0 Å². The lowest BCUT2D eigenvalue weighted by Crippen LogP contribution is -2.43. The van der Waals surface area contributed by atoms with E-state index in [1.54, 1.807) is 6.07 Å². The van der Waals surface area contributed by atoms with Gasteiger partial charge >= 0.3 is 0 Å². The van der Waals surface area contributed by atoms with Crippen molar-refractivity contribution >= 4 is 0 Å². The van der Waals surface area contributed by atoms with Gasteiger partial charge in [-0.2, -0.15) is 0 Å². The van der Waals surface area contributed by atoms with E-state index in [1.807, 2.05) is 0 Å². The van der Waals surface area contributed by atoms with E-state index in [0.717, 1.165) is 0 Å². The molecule has 0 aromatic heterocycles. The molecule has 0 radical (unpaired) electrons. The first-order chi connectivity index (χ1) is 8.36. The maximum atomic E-state index is 13.2. The van der Waals surface area contributed by atoms with Crippen LogP contribution < -0.4 is 10.5 Å². The Morgan fingerprint density at radius 3 is 2.39 bits per heavy atom. The lowest BCUT2D eigenvalue weighted by Gasteiger charge is -2.38. The van der Waals surface area contributed by atoms with Gasteiger partial charge in [-0.25, -0.2) is 8.78 Å². The number of benzene rings is 1. The minimum absolute atomic E-state index is 0.0698. The molecule has 100 valence electrons. The fourth-order valence-corrected chi connectivity index (χ4v) is 2.42. The van der Waals surface area contributed by atoms with E-state index < -0.39 is 11.5 Å². The fourth-order valence-electron chi connectivity index (χ4n) is 2.42. The molecule has 1 aromatic rings. The van der Waals surface area contributed by atoms with Crippen LogP contribution >= 0.6 is 0 Å². The van der Waals surface area contributed by atoms with E-state index in [2.05, 4.69) is 0 Å². The lowest BCUT2D eigenvalue weighted by molar-refractivity contribution is -0.0516. The summed E-state index contributed by atoms with van der Waals surface area (Å²) in [6.45, 7) is 0. The Bertz CT molecular complexity index is 439. The first-order valence-electron chi connectivity index (χ1n) is 5.90. The number of nitrogens with two attached hydrogens (primary N) is 1. The lowest BCUT2D eigenvalue weighted by atomic mass is 9.75. The molecule has 18 heavy (non-hydrogen) atoms. The molecule has 1 saturated carbocycles. The first kappa shape index (κ1) is 13.1. The van der Waals surface area contributed by atoms with Gasteiger partial charge in [0.15, 0.2) is 0 Å². The summed E-state index contributed by atoms with van der Waals surface area (Å²) in [6, 6.07) is 4.60. The van der Waals surface area contributed by atoms with E-state index in [1.165, 1.54) is 19.2 Å². The van der Waals surface area contributed by atoms with E-state index in [4.69, 9.17) is 10.5 Å². The molecule has 5 heteroatoms. The summed E-state index contributed by atoms with van der Waals surface area (Å²) in [7, 11) is 1.47. The van der Waals surface area contributed by atoms with Crippen LogP contribution in [-0.2, 0) is 5.54 Å². The van der Waals surface area contributed by atoms with E-state index in [0.29, 0.717) is 11.3 Å². The van der Waals surface area contributed by atoms with Gasteiger partial charge in [0.2, 0.25) is 5.92 Å². The molecule has 2 rings (SSSR count). The number of halogens is 2. The molecule has 0 spiro atoms. The predicted molar refractivity (Wildman–Crippen MR) is 63.9 cm³/mol. The van der Waals surface area contributed by atoms with Gasteiger partial charge in [-0.05, 0) is 25.0 Å². The Balaban J connectivity index is 2.31. The van der Waals surface area contributed by atoms with Crippen LogP contribution in [0.4, 0.5) is 8.78 Å². The average molecular weight is 257 g/mol. The number of phenolic OH excluding ortho intramolecular Hbond substituents is 1. The van der Waals surface area contributed by atoms with Crippen molar-refractivity contribution in [3.63, 3.8) is 0 Å². The Morgan fingerprint density at radius 1 is 1.22 bits per heavy atom. The van der Waals surface area contributed by atoms with Crippen molar-refractivity contribution in [2.75, 3.05) is 7.11 Å². The zero-order valence-corrected chi connectivity index (χ0v) is 10.2. The highest BCUT2D eigenvalue weighted by molar-refractivity contribution is 5.44. The molecule has 3 N–H and O–H groups in total. The number of rotatable bonds is 2. The highest BCUT2D eigenvalue weighted by atomic mass is 19.3. The van der Waals surface area contributed by atoms with Crippen molar-refractivity contribution < 1.29 is 18.6 Å². The largest absolute Gasteiger partial charge is 0.508 e. The minimum Gasteiger partial charge on any atom is -0.508 e. The Hall–Kier alpha value is -1.36. The topological polar surface area (TPSA) is 55.5 Å². The van der Waals surface area contributed by atoms with E-state index in [-0.39, 0.29) is 31.4 Å². The smallest absolute Gasteiger partial charge is 0.248 e. The molecule has 0 atom stereocenters. The average Bonchev–Trinajstić information content (AvgIpc) is 2.33. The number of hydrogen-bond acceptors (Lipinski definition) is 3. The summed E-state index contributed by atoms with van der Waals surface area (Å²) in [5.41, 5.74) is 6.11. The molecule has 0 heterocycles. The molecule has 1 aromatic carbocycles. The zero-order chi connectivity index (χ0) is 13.4. The summed E-state index contributed by atoms with van der Waals surface area (Å²) in [4.78, 5) is 0. The summed E-state index contributed by atoms with van der Waals surface area (Å²) in [5, 5.41) is 9.39. The van der Waals surface area contributed by atoms with Gasteiger partial charge in [-0.3, -0.25) is 0 Å². The second-order valence-corrected chi connectivity index (χ2v) is 4.90. The third-order valence-corrected chi connectivity index (χ3v) is 3.60. The van der Waals surface area contributed by atoms with Crippen LogP contribution in [0.15, 0.2) is 18.2 Å². The van der Waals surface area contributed by atoms with Crippen LogP contribution in [0.5, 0.6) is 11.5 Å². The molecule has 0 bridgehead atoms. The van der Waals surface area contributed by atoms with Gasteiger partial charge in [0.25, 0.3) is 0 Å². The number of alkyl halides is 2. The molecule has 3 nitrogen and oxygen atoms in total. The van der Waals surface area contributed by atoms with Crippen molar-refractivity contribution in [2.45, 2.75) is 37.1 Å². The number of aromatic hydroxyl groups is 1. The van der Waals surface area contributed by atoms with Crippen molar-refractivity contribution in [3.05, 3.63) is 23.8 Å². The highest BCUT2D eigenvalue weighted by Crippen LogP contribution is 2.45. The first-order valence-corrected chi connectivity index (χ1v) is 5.90. The van der Waals surface area contributed by atoms with Gasteiger partial charge in [-0.1, -0.05) is 0 Å². The van der Waals surface area contributed by atoms with Gasteiger partial charge in [0.05, 0.1) is 7.11 Å². The monoisotopic (exact) mass is 257 g/mol. The Morgan fingerprint density at radius 2 is 1.83 bits per heavy atom. The predicted octanol–water partition coefficient (Wildman–Crippen LogP) is 2.76. The maximum Gasteiger partial charge on any atom is 0.248 e. The van der Waals surface area contributed by atoms with Crippen LogP contribution in [0, 0.1) is 0 Å². The zero-order valence-electron chi connectivity index (χ0n) is 10.2. The number of hydrogen-bond donors (Lipinski definition) is 2. The van der Waals surface area contributed by atoms with Crippen LogP contribution in [0.2, 0.25) is 0 Å². The van der Waals surface area contributed by atoms with Crippen LogP contribution in [0.1, 0.15) is 31.2 Å². The standard InChI is InChI=1S/C13H17F2NO2/c1-18-11-8-9(17)2-3-10(11)12(16)4-6-13(14,15)7-5-12/h2-3,8,17H,4-7,16H2,1H3. The van der Waals surface area contributed by atoms with Crippen LogP contribution in [-0.4, -0.2) is 18.1 Å². The highest BCUT2D eigenvalue weighted by Gasteiger charge is 2.43. The normalized spacial score (nSPS) is 21.6. The molecular weight excluding hydrogens is 240 g/mol. The molecule has 0 amide bonds. The SMILES string of the molecule is COc1cc(O)ccc1C1(N)CCC(F)(F)CC1. The van der Waals surface area contributed by atoms with Crippen LogP contribution in [0.3, 0.4) is 0 Å². The molecule has 0 aliphatic heterocycles. The Labute approximate surface area is 105 Å². The van der Waals surface area contributed by atoms with Crippen molar-refractivity contribution in [3.8, 4) is 11.5 Å². The summed E-state index contributed by atoms with van der Waals surface area (Å²) >= 11 is 0. The molecule has 1 aliphatic rings. The summed E-state index contributed by atoms with van der Waals surface area (Å²) in [5.74, 6) is -2.10. The van der Waals surface area contributed by atoms with Crippen molar-refractivity contribution in [2.24, 2.45) is 5.73 Å². The fraction of sp³-hybridized carbons (Fsp3) is 0.538. The number of phenols is 1. The molecule has 0 unspecified atom stereocenters. The summed E-state index contributed by atoms with van der Waals surface area (Å²) < 4.78 is 31.5. The van der Waals surface area contributed by atoms with Gasteiger partial charge in [0, 0.05) is 30.0 Å². The Kier molecular flexibility index (Phi) is 3.19. The van der Waals surface area contributed by atoms with Gasteiger partial charge < -0.3 is 15.6 Å². The summed E-state index contributed by atoms with van der Waals surface area (Å²) in [6.07, 6.45) is -0.0106. The third-order valence-electron chi connectivity index (χ3n) is 3.60. The number of ether oxygens (including phenoxy) is 1. The molecule has 1 fully saturated rings.